The smallest absolute Gasteiger partial charge is 0.256 e. The van der Waals surface area contributed by atoms with Crippen LogP contribution in [-0.2, 0) is 14.3 Å². The van der Waals surface area contributed by atoms with Gasteiger partial charge in [-0.25, -0.2) is 4.39 Å². The number of nitrogens with zero attached hydrogens (tertiary/aromatic N) is 2. The zero-order chi connectivity index (χ0) is 20.7. The van der Waals surface area contributed by atoms with Crippen molar-refractivity contribution < 1.29 is 28.6 Å². The molecular weight excluding hydrogens is 367 g/mol. The van der Waals surface area contributed by atoms with Gasteiger partial charge in [-0.1, -0.05) is 20.8 Å². The van der Waals surface area contributed by atoms with Crippen LogP contribution in [0, 0.1) is 11.2 Å². The summed E-state index contributed by atoms with van der Waals surface area (Å²) in [5, 5.41) is 11.6. The number of carbonyl (C=O) groups excluding carboxylic acids is 3. The molecule has 28 heavy (non-hydrogen) atoms. The lowest BCUT2D eigenvalue weighted by molar-refractivity contribution is -0.310. The lowest BCUT2D eigenvalue weighted by atomic mass is 9.91. The van der Waals surface area contributed by atoms with Crippen LogP contribution in [0.2, 0.25) is 0 Å². The van der Waals surface area contributed by atoms with Crippen molar-refractivity contribution in [2.24, 2.45) is 5.41 Å². The molecule has 1 aromatic carbocycles. The fourth-order valence-corrected chi connectivity index (χ4v) is 3.81. The molecule has 0 aliphatic carbocycles. The second-order valence-corrected chi connectivity index (χ2v) is 8.32. The van der Waals surface area contributed by atoms with E-state index in [9.17, 15) is 23.9 Å². The van der Waals surface area contributed by atoms with Crippen LogP contribution in [0.15, 0.2) is 24.3 Å². The molecule has 1 aromatic rings. The average molecular weight is 391 g/mol. The van der Waals surface area contributed by atoms with Crippen LogP contribution in [0.5, 0.6) is 0 Å². The Kier molecular flexibility index (Phi) is 5.18. The monoisotopic (exact) mass is 391 g/mol. The number of benzene rings is 1. The third kappa shape index (κ3) is 3.61. The predicted molar refractivity (Wildman–Crippen MR) is 95.3 cm³/mol. The number of ether oxygens (including phenoxy) is 1. The molecule has 2 fully saturated rings. The molecule has 0 saturated carbocycles. The van der Waals surface area contributed by atoms with Gasteiger partial charge in [0, 0.05) is 36.9 Å². The van der Waals surface area contributed by atoms with Crippen molar-refractivity contribution in [1.29, 1.82) is 0 Å². The number of carboxylic acid groups (broad SMARTS) is 1. The number of aliphatic carboxylic acids is 1. The van der Waals surface area contributed by atoms with E-state index in [-0.39, 0.29) is 18.1 Å². The Morgan fingerprint density at radius 2 is 1.71 bits per heavy atom. The van der Waals surface area contributed by atoms with Crippen LogP contribution in [0.3, 0.4) is 0 Å². The first-order valence-corrected chi connectivity index (χ1v) is 9.29. The maximum atomic E-state index is 13.2. The highest BCUT2D eigenvalue weighted by Gasteiger charge is 2.52. The minimum atomic E-state index is -1.40. The average Bonchev–Trinajstić information content (AvgIpc) is 3.00. The Morgan fingerprint density at radius 1 is 1.14 bits per heavy atom. The Bertz CT molecular complexity index is 779. The lowest BCUT2D eigenvalue weighted by Gasteiger charge is -2.45. The molecule has 0 N–H and O–H groups in total. The zero-order valence-electron chi connectivity index (χ0n) is 16.2. The molecule has 0 radical (unpaired) electrons. The standard InChI is InChI=1S/C20H25FN2O5/c1-19(2,3)18(27)22-10-8-20(9-11-22)23(15(12-28-20)17(25)26)16(24)13-4-6-14(21)7-5-13/h4-7,15H,8-12H2,1-3H3,(H,25,26)/p-1/t15-/m0/s1. The zero-order valence-corrected chi connectivity index (χ0v) is 16.2. The maximum Gasteiger partial charge on any atom is 0.256 e. The summed E-state index contributed by atoms with van der Waals surface area (Å²) < 4.78 is 19.0. The van der Waals surface area contributed by atoms with E-state index in [1.54, 1.807) is 4.90 Å². The Balaban J connectivity index is 1.86. The van der Waals surface area contributed by atoms with Gasteiger partial charge < -0.3 is 19.5 Å². The van der Waals surface area contributed by atoms with Crippen LogP contribution in [0.25, 0.3) is 0 Å². The van der Waals surface area contributed by atoms with Crippen LogP contribution >= 0.6 is 0 Å². The summed E-state index contributed by atoms with van der Waals surface area (Å²) in [7, 11) is 0. The molecule has 2 aliphatic rings. The summed E-state index contributed by atoms with van der Waals surface area (Å²) in [5.41, 5.74) is -1.48. The quantitative estimate of drug-likeness (QED) is 0.743. The fraction of sp³-hybridized carbons (Fsp3) is 0.550. The van der Waals surface area contributed by atoms with Gasteiger partial charge in [0.15, 0.2) is 0 Å². The largest absolute Gasteiger partial charge is 0.548 e. The molecule has 3 rings (SSSR count). The first-order valence-electron chi connectivity index (χ1n) is 9.29. The Morgan fingerprint density at radius 3 is 2.21 bits per heavy atom. The normalized spacial score (nSPS) is 21.8. The first-order chi connectivity index (χ1) is 13.0. The van der Waals surface area contributed by atoms with E-state index in [2.05, 4.69) is 0 Å². The van der Waals surface area contributed by atoms with Crippen LogP contribution in [-0.4, -0.2) is 59.0 Å². The summed E-state index contributed by atoms with van der Waals surface area (Å²) >= 11 is 0. The highest BCUT2D eigenvalue weighted by Crippen LogP contribution is 2.39. The lowest BCUT2D eigenvalue weighted by Crippen LogP contribution is -2.60. The van der Waals surface area contributed by atoms with Gasteiger partial charge in [-0.2, -0.15) is 0 Å². The van der Waals surface area contributed by atoms with E-state index in [1.165, 1.54) is 17.0 Å². The number of carbonyl (C=O) groups is 3. The molecule has 0 aromatic heterocycles. The second kappa shape index (κ2) is 7.16. The highest BCUT2D eigenvalue weighted by molar-refractivity contribution is 5.97. The van der Waals surface area contributed by atoms with E-state index in [0.29, 0.717) is 25.9 Å². The second-order valence-electron chi connectivity index (χ2n) is 8.32. The van der Waals surface area contributed by atoms with E-state index >= 15 is 0 Å². The van der Waals surface area contributed by atoms with Crippen molar-refractivity contribution in [3.8, 4) is 0 Å². The fourth-order valence-electron chi connectivity index (χ4n) is 3.81. The molecule has 0 unspecified atom stereocenters. The molecular formula is C20H24FN2O5-. The van der Waals surface area contributed by atoms with Crippen molar-refractivity contribution in [2.45, 2.75) is 45.4 Å². The number of rotatable bonds is 2. The molecule has 7 nitrogen and oxygen atoms in total. The van der Waals surface area contributed by atoms with Crippen LogP contribution in [0.4, 0.5) is 4.39 Å². The van der Waals surface area contributed by atoms with Gasteiger partial charge in [0.2, 0.25) is 5.91 Å². The number of amides is 2. The highest BCUT2D eigenvalue weighted by atomic mass is 19.1. The summed E-state index contributed by atoms with van der Waals surface area (Å²) in [4.78, 5) is 40.1. The SMILES string of the molecule is CC(C)(C)C(=O)N1CCC2(CC1)OC[C@@H](C(=O)[O-])N2C(=O)c1ccc(F)cc1. The molecule has 2 heterocycles. The number of hydrogen-bond acceptors (Lipinski definition) is 5. The molecule has 1 spiro atoms. The molecule has 0 bridgehead atoms. The molecule has 152 valence electrons. The minimum absolute atomic E-state index is 0.00629. The number of hydrogen-bond donors (Lipinski definition) is 0. The molecule has 2 amide bonds. The van der Waals surface area contributed by atoms with Crippen molar-refractivity contribution in [1.82, 2.24) is 9.80 Å². The van der Waals surface area contributed by atoms with Gasteiger partial charge in [0.1, 0.15) is 11.5 Å². The van der Waals surface area contributed by atoms with Crippen molar-refractivity contribution in [3.05, 3.63) is 35.6 Å². The third-order valence-electron chi connectivity index (χ3n) is 5.32. The third-order valence-corrected chi connectivity index (χ3v) is 5.32. The van der Waals surface area contributed by atoms with Gasteiger partial charge in [-0.05, 0) is 24.3 Å². The van der Waals surface area contributed by atoms with E-state index in [0.717, 1.165) is 12.1 Å². The van der Waals surface area contributed by atoms with Gasteiger partial charge in [-0.15, -0.1) is 0 Å². The van der Waals surface area contributed by atoms with E-state index in [1.807, 2.05) is 20.8 Å². The van der Waals surface area contributed by atoms with E-state index < -0.39 is 34.9 Å². The molecule has 2 saturated heterocycles. The molecule has 2 aliphatic heterocycles. The first kappa shape index (κ1) is 20.3. The van der Waals surface area contributed by atoms with Crippen molar-refractivity contribution in [2.75, 3.05) is 19.7 Å². The number of piperidine rings is 1. The molecule has 8 heteroatoms. The molecule has 1 atom stereocenters. The van der Waals surface area contributed by atoms with Gasteiger partial charge in [-0.3, -0.25) is 14.5 Å². The Hall–Kier alpha value is -2.48. The minimum Gasteiger partial charge on any atom is -0.548 e. The summed E-state index contributed by atoms with van der Waals surface area (Å²) in [5.74, 6) is -2.45. The van der Waals surface area contributed by atoms with Crippen molar-refractivity contribution in [3.63, 3.8) is 0 Å². The maximum absolute atomic E-state index is 13.2. The van der Waals surface area contributed by atoms with Crippen molar-refractivity contribution >= 4 is 17.8 Å². The van der Waals surface area contributed by atoms with Gasteiger partial charge in [0.05, 0.1) is 18.6 Å². The number of halogens is 1. The topological polar surface area (TPSA) is 90.0 Å². The van der Waals surface area contributed by atoms with Gasteiger partial charge >= 0.3 is 0 Å². The summed E-state index contributed by atoms with van der Waals surface area (Å²) in [6.07, 6.45) is 0.594. The number of carboxylic acids is 1. The van der Waals surface area contributed by atoms with Crippen LogP contribution in [0.1, 0.15) is 44.0 Å². The predicted octanol–water partition coefficient (Wildman–Crippen LogP) is 0.781. The number of likely N-dealkylation sites (tertiary alicyclic amines) is 1. The summed E-state index contributed by atoms with van der Waals surface area (Å²) in [6.45, 7) is 6.03. The van der Waals surface area contributed by atoms with Crippen LogP contribution < -0.4 is 5.11 Å². The Labute approximate surface area is 163 Å². The summed E-state index contributed by atoms with van der Waals surface area (Å²) in [6, 6.07) is 3.69. The van der Waals surface area contributed by atoms with E-state index in [4.69, 9.17) is 4.74 Å². The van der Waals surface area contributed by atoms with Gasteiger partial charge in [0.25, 0.3) is 5.91 Å².